The van der Waals surface area contributed by atoms with E-state index in [9.17, 15) is 14.4 Å². The molecule has 1 aliphatic rings. The molecule has 168 valence electrons. The van der Waals surface area contributed by atoms with Crippen LogP contribution in [0.25, 0.3) is 10.2 Å². The number of likely N-dealkylation sites (tertiary alicyclic amines) is 1. The second-order valence-corrected chi connectivity index (χ2v) is 10.1. The molecule has 0 unspecified atom stereocenters. The van der Waals surface area contributed by atoms with E-state index in [0.717, 1.165) is 17.8 Å². The summed E-state index contributed by atoms with van der Waals surface area (Å²) in [5.41, 5.74) is 0.821. The second-order valence-electron chi connectivity index (χ2n) is 8.62. The lowest BCUT2D eigenvalue weighted by molar-refractivity contribution is -0.134. The number of piperidine rings is 1. The number of hydrogen-bond acceptors (Lipinski definition) is 5. The Kier molecular flexibility index (Phi) is 6.35. The number of hydrogen-bond donors (Lipinski definition) is 1. The van der Waals surface area contributed by atoms with Crippen molar-refractivity contribution in [3.05, 3.63) is 56.4 Å². The summed E-state index contributed by atoms with van der Waals surface area (Å²) in [7, 11) is 0. The number of rotatable bonds is 4. The molecular formula is C23H25ClN4O3S. The number of carbonyl (C=O) groups excluding carboxylic acids is 2. The van der Waals surface area contributed by atoms with Crippen molar-refractivity contribution in [2.45, 2.75) is 33.7 Å². The number of halogens is 1. The maximum Gasteiger partial charge on any atom is 0.266 e. The molecule has 2 amide bonds. The van der Waals surface area contributed by atoms with Gasteiger partial charge in [-0.15, -0.1) is 11.3 Å². The molecule has 0 saturated carbocycles. The Bertz CT molecular complexity index is 1240. The molecule has 1 fully saturated rings. The van der Waals surface area contributed by atoms with Gasteiger partial charge >= 0.3 is 0 Å². The van der Waals surface area contributed by atoms with Crippen molar-refractivity contribution in [1.29, 1.82) is 0 Å². The van der Waals surface area contributed by atoms with Gasteiger partial charge in [0.2, 0.25) is 5.91 Å². The maximum absolute atomic E-state index is 13.1. The van der Waals surface area contributed by atoms with Crippen LogP contribution in [0.3, 0.4) is 0 Å². The molecule has 9 heteroatoms. The number of nitrogens with zero attached hydrogens (tertiary/aromatic N) is 3. The van der Waals surface area contributed by atoms with E-state index in [4.69, 9.17) is 11.6 Å². The topological polar surface area (TPSA) is 84.3 Å². The summed E-state index contributed by atoms with van der Waals surface area (Å²) in [5, 5.41) is 3.70. The molecular weight excluding hydrogens is 448 g/mol. The molecule has 3 heterocycles. The summed E-state index contributed by atoms with van der Waals surface area (Å²) in [6.07, 6.45) is 2.50. The van der Waals surface area contributed by atoms with Gasteiger partial charge in [0, 0.05) is 23.8 Å². The minimum atomic E-state index is -0.328. The first-order chi connectivity index (χ1) is 15.2. The number of aryl methyl sites for hydroxylation is 1. The van der Waals surface area contributed by atoms with Crippen LogP contribution in [0, 0.1) is 18.8 Å². The van der Waals surface area contributed by atoms with Crippen LogP contribution >= 0.6 is 22.9 Å². The predicted octanol–water partition coefficient (Wildman–Crippen LogP) is 4.18. The number of nitrogens with one attached hydrogen (secondary N) is 1. The van der Waals surface area contributed by atoms with E-state index < -0.39 is 0 Å². The van der Waals surface area contributed by atoms with Gasteiger partial charge in [-0.25, -0.2) is 4.98 Å². The average Bonchev–Trinajstić information content (AvgIpc) is 3.06. The molecule has 3 aromatic rings. The van der Waals surface area contributed by atoms with Crippen LogP contribution in [0.4, 0.5) is 5.69 Å². The Hall–Kier alpha value is -2.71. The van der Waals surface area contributed by atoms with E-state index in [-0.39, 0.29) is 23.9 Å². The van der Waals surface area contributed by atoms with Crippen LogP contribution in [-0.4, -0.2) is 39.4 Å². The number of amides is 2. The highest BCUT2D eigenvalue weighted by atomic mass is 35.5. The Morgan fingerprint density at radius 2 is 1.97 bits per heavy atom. The molecule has 0 bridgehead atoms. The highest BCUT2D eigenvalue weighted by Gasteiger charge is 2.26. The normalized spacial score (nSPS) is 18.7. The molecule has 32 heavy (non-hydrogen) atoms. The van der Waals surface area contributed by atoms with Gasteiger partial charge in [-0.2, -0.15) is 0 Å². The Labute approximate surface area is 195 Å². The van der Waals surface area contributed by atoms with E-state index in [0.29, 0.717) is 56.3 Å². The van der Waals surface area contributed by atoms with Crippen molar-refractivity contribution in [3.8, 4) is 0 Å². The third kappa shape index (κ3) is 4.56. The summed E-state index contributed by atoms with van der Waals surface area (Å²) in [6.45, 7) is 7.37. The van der Waals surface area contributed by atoms with Gasteiger partial charge in [-0.1, -0.05) is 31.5 Å². The number of carbonyl (C=O) groups is 2. The number of aromatic nitrogens is 2. The monoisotopic (exact) mass is 472 g/mol. The second kappa shape index (κ2) is 9.03. The first-order valence-electron chi connectivity index (χ1n) is 10.6. The van der Waals surface area contributed by atoms with Gasteiger partial charge in [-0.05, 0) is 48.9 Å². The lowest BCUT2D eigenvalue weighted by atomic mass is 9.92. The summed E-state index contributed by atoms with van der Waals surface area (Å²) < 4.78 is 1.34. The minimum absolute atomic E-state index is 0.0550. The summed E-state index contributed by atoms with van der Waals surface area (Å²) in [6, 6.07) is 6.87. The molecule has 1 aliphatic heterocycles. The van der Waals surface area contributed by atoms with Gasteiger partial charge in [-0.3, -0.25) is 19.0 Å². The number of fused-ring (bicyclic) bond motifs is 1. The van der Waals surface area contributed by atoms with E-state index in [1.165, 1.54) is 10.9 Å². The molecule has 4 rings (SSSR count). The first-order valence-corrected chi connectivity index (χ1v) is 11.8. The van der Waals surface area contributed by atoms with Crippen LogP contribution in [0.2, 0.25) is 5.02 Å². The average molecular weight is 473 g/mol. The van der Waals surface area contributed by atoms with Crippen molar-refractivity contribution in [3.63, 3.8) is 0 Å². The molecule has 2 aromatic heterocycles. The van der Waals surface area contributed by atoms with Crippen LogP contribution in [0.1, 0.15) is 35.5 Å². The first kappa shape index (κ1) is 22.5. The number of anilines is 1. The lowest BCUT2D eigenvalue weighted by Crippen LogP contribution is -2.44. The zero-order valence-electron chi connectivity index (χ0n) is 18.2. The molecule has 0 aliphatic carbocycles. The molecule has 0 spiro atoms. The quantitative estimate of drug-likeness (QED) is 0.617. The van der Waals surface area contributed by atoms with Crippen molar-refractivity contribution in [1.82, 2.24) is 14.5 Å². The zero-order chi connectivity index (χ0) is 23.0. The van der Waals surface area contributed by atoms with Gasteiger partial charge in [0.1, 0.15) is 11.4 Å². The van der Waals surface area contributed by atoms with Gasteiger partial charge in [0.05, 0.1) is 16.6 Å². The summed E-state index contributed by atoms with van der Waals surface area (Å²) in [5.74, 6) is 0.476. The fourth-order valence-electron chi connectivity index (χ4n) is 4.35. The fraction of sp³-hybridized carbons (Fsp3) is 0.391. The Morgan fingerprint density at radius 3 is 2.66 bits per heavy atom. The van der Waals surface area contributed by atoms with Crippen molar-refractivity contribution >= 4 is 50.7 Å². The van der Waals surface area contributed by atoms with Gasteiger partial charge < -0.3 is 10.2 Å². The number of thiophene rings is 1. The standard InChI is InChI=1S/C23H25ClN4O3S/c1-13-7-14(2)10-27(9-13)18(29)11-28-12-25-22-19(23(28)31)15(3)20(32-22)21(30)26-17-6-4-5-16(24)8-17/h4-6,8,12-14H,7,9-11H2,1-3H3,(H,26,30)/t13-,14+. The van der Waals surface area contributed by atoms with E-state index in [1.54, 1.807) is 31.2 Å². The smallest absolute Gasteiger partial charge is 0.266 e. The van der Waals surface area contributed by atoms with Crippen LogP contribution in [0.5, 0.6) is 0 Å². The molecule has 1 aromatic carbocycles. The molecule has 2 atom stereocenters. The zero-order valence-corrected chi connectivity index (χ0v) is 19.8. The van der Waals surface area contributed by atoms with Crippen LogP contribution in [-0.2, 0) is 11.3 Å². The highest BCUT2D eigenvalue weighted by Crippen LogP contribution is 2.28. The van der Waals surface area contributed by atoms with E-state index in [1.807, 2.05) is 4.90 Å². The largest absolute Gasteiger partial charge is 0.341 e. The molecule has 1 N–H and O–H groups in total. The van der Waals surface area contributed by atoms with Gasteiger partial charge in [0.25, 0.3) is 11.5 Å². The third-order valence-electron chi connectivity index (χ3n) is 5.73. The van der Waals surface area contributed by atoms with Crippen molar-refractivity contribution in [2.24, 2.45) is 11.8 Å². The van der Waals surface area contributed by atoms with Crippen LogP contribution < -0.4 is 10.9 Å². The lowest BCUT2D eigenvalue weighted by Gasteiger charge is -2.35. The van der Waals surface area contributed by atoms with Gasteiger partial charge in [0.15, 0.2) is 0 Å². The maximum atomic E-state index is 13.1. The fourth-order valence-corrected chi connectivity index (χ4v) is 5.58. The SMILES string of the molecule is Cc1c(C(=O)Nc2cccc(Cl)c2)sc2ncn(CC(=O)N3C[C@H](C)C[C@H](C)C3)c(=O)c12. The van der Waals surface area contributed by atoms with Crippen molar-refractivity contribution in [2.75, 3.05) is 18.4 Å². The third-order valence-corrected chi connectivity index (χ3v) is 7.17. The highest BCUT2D eigenvalue weighted by molar-refractivity contribution is 7.20. The van der Waals surface area contributed by atoms with Crippen LogP contribution in [0.15, 0.2) is 35.4 Å². The summed E-state index contributed by atoms with van der Waals surface area (Å²) >= 11 is 7.15. The summed E-state index contributed by atoms with van der Waals surface area (Å²) in [4.78, 5) is 45.9. The van der Waals surface area contributed by atoms with E-state index >= 15 is 0 Å². The van der Waals surface area contributed by atoms with E-state index in [2.05, 4.69) is 24.1 Å². The minimum Gasteiger partial charge on any atom is -0.341 e. The Morgan fingerprint density at radius 1 is 1.25 bits per heavy atom. The molecule has 0 radical (unpaired) electrons. The Balaban J connectivity index is 1.59. The molecule has 7 nitrogen and oxygen atoms in total. The van der Waals surface area contributed by atoms with Crippen molar-refractivity contribution < 1.29 is 9.59 Å². The predicted molar refractivity (Wildman–Crippen MR) is 128 cm³/mol. The number of benzene rings is 1. The molecule has 1 saturated heterocycles.